The molecule has 2 fully saturated rings. The Bertz CT molecular complexity index is 1720. The van der Waals surface area contributed by atoms with E-state index in [4.69, 9.17) is 26.3 Å². The second-order valence-electron chi connectivity index (χ2n) is 10.9. The van der Waals surface area contributed by atoms with Crippen LogP contribution in [0.2, 0.25) is 5.02 Å². The summed E-state index contributed by atoms with van der Waals surface area (Å²) in [6.07, 6.45) is 1.97. The van der Waals surface area contributed by atoms with Crippen molar-refractivity contribution in [2.45, 2.75) is 32.0 Å². The minimum atomic E-state index is -0.877. The number of phenolic OH excluding ortho intramolecular Hbond substituents is 1. The molecule has 13 nitrogen and oxygen atoms in total. The first kappa shape index (κ1) is 33.3. The van der Waals surface area contributed by atoms with Crippen molar-refractivity contribution in [2.24, 2.45) is 0 Å². The van der Waals surface area contributed by atoms with Gasteiger partial charge in [0.15, 0.2) is 0 Å². The molecule has 3 N–H and O–H groups in total. The maximum absolute atomic E-state index is 13.3. The van der Waals surface area contributed by atoms with E-state index in [-0.39, 0.29) is 43.9 Å². The van der Waals surface area contributed by atoms with Crippen molar-refractivity contribution in [2.75, 3.05) is 51.4 Å². The summed E-state index contributed by atoms with van der Waals surface area (Å²) in [6.45, 7) is 4.26. The Morgan fingerprint density at radius 2 is 1.83 bits per heavy atom. The number of anilines is 1. The average molecular weight is 660 g/mol. The lowest BCUT2D eigenvalue weighted by Gasteiger charge is -2.36. The number of nitriles is 1. The molecule has 3 heterocycles. The van der Waals surface area contributed by atoms with Gasteiger partial charge in [-0.15, -0.1) is 0 Å². The molecule has 2 atom stereocenters. The zero-order valence-corrected chi connectivity index (χ0v) is 26.5. The van der Waals surface area contributed by atoms with E-state index in [2.05, 4.69) is 33.6 Å². The van der Waals surface area contributed by atoms with E-state index in [1.807, 2.05) is 0 Å². The van der Waals surface area contributed by atoms with Crippen molar-refractivity contribution < 1.29 is 29.0 Å². The van der Waals surface area contributed by atoms with Gasteiger partial charge >= 0.3 is 6.03 Å². The van der Waals surface area contributed by atoms with Crippen molar-refractivity contribution in [3.05, 3.63) is 64.8 Å². The quantitative estimate of drug-likeness (QED) is 0.326. The van der Waals surface area contributed by atoms with E-state index < -0.39 is 18.0 Å². The Hall–Kier alpha value is -5.08. The van der Waals surface area contributed by atoms with Crippen molar-refractivity contribution in [3.8, 4) is 34.9 Å². The molecule has 2 aliphatic heterocycles. The number of ether oxygens (including phenoxy) is 2. The number of nitrogens with zero attached hydrogens (tertiary/aromatic N) is 5. The fourth-order valence-electron chi connectivity index (χ4n) is 5.13. The lowest BCUT2D eigenvalue weighted by molar-refractivity contribution is -0.147. The highest BCUT2D eigenvalue weighted by Crippen LogP contribution is 2.32. The number of urea groups is 1. The van der Waals surface area contributed by atoms with E-state index in [1.54, 1.807) is 59.1 Å². The van der Waals surface area contributed by atoms with E-state index >= 15 is 0 Å². The molecule has 244 valence electrons. The molecule has 5 rings (SSSR count). The summed E-state index contributed by atoms with van der Waals surface area (Å²) < 4.78 is 12.4. The molecule has 3 aromatic rings. The highest BCUT2D eigenvalue weighted by molar-refractivity contribution is 6.31. The lowest BCUT2D eigenvalue weighted by atomic mass is 10.1. The van der Waals surface area contributed by atoms with Crippen LogP contribution in [0.3, 0.4) is 0 Å². The summed E-state index contributed by atoms with van der Waals surface area (Å²) in [5.74, 6) is 5.38. The number of rotatable bonds is 7. The molecule has 0 saturated carbocycles. The smallest absolute Gasteiger partial charge is 0.318 e. The van der Waals surface area contributed by atoms with E-state index in [1.165, 1.54) is 11.0 Å². The number of aryl methyl sites for hydroxylation is 1. The Morgan fingerprint density at radius 1 is 1.09 bits per heavy atom. The van der Waals surface area contributed by atoms with Crippen molar-refractivity contribution >= 4 is 35.1 Å². The monoisotopic (exact) mass is 659 g/mol. The van der Waals surface area contributed by atoms with Gasteiger partial charge in [0.2, 0.25) is 11.8 Å². The van der Waals surface area contributed by atoms with Crippen LogP contribution in [-0.2, 0) is 25.6 Å². The molecule has 0 spiro atoms. The van der Waals surface area contributed by atoms with E-state index in [0.29, 0.717) is 65.9 Å². The largest absolute Gasteiger partial charge is 0.507 e. The second kappa shape index (κ2) is 15.5. The molecule has 14 heteroatoms. The maximum Gasteiger partial charge on any atom is 0.318 e. The molecule has 0 bridgehead atoms. The predicted molar refractivity (Wildman–Crippen MR) is 172 cm³/mol. The molecule has 4 amide bonds. The highest BCUT2D eigenvalue weighted by Gasteiger charge is 2.36. The zero-order valence-electron chi connectivity index (χ0n) is 25.7. The number of phenols is 1. The van der Waals surface area contributed by atoms with Crippen LogP contribution in [0.5, 0.6) is 5.75 Å². The molecular weight excluding hydrogens is 626 g/mol. The number of carbonyl (C=O) groups is 3. The first-order chi connectivity index (χ1) is 22.7. The molecule has 2 aliphatic rings. The Labute approximate surface area is 277 Å². The highest BCUT2D eigenvalue weighted by atomic mass is 35.5. The van der Waals surface area contributed by atoms with Crippen molar-refractivity contribution in [3.63, 3.8) is 0 Å². The average Bonchev–Trinajstić information content (AvgIpc) is 3.50. The minimum Gasteiger partial charge on any atom is -0.507 e. The predicted octanol–water partition coefficient (Wildman–Crippen LogP) is 2.82. The topological polar surface area (TPSA) is 162 Å². The van der Waals surface area contributed by atoms with Gasteiger partial charge in [0.25, 0.3) is 0 Å². The lowest BCUT2D eigenvalue weighted by Crippen LogP contribution is -2.59. The maximum atomic E-state index is 13.3. The van der Waals surface area contributed by atoms with Gasteiger partial charge in [-0.05, 0) is 49.4 Å². The number of aromatic hydroxyl groups is 1. The third-order valence-electron chi connectivity index (χ3n) is 7.64. The molecule has 0 radical (unpaired) electrons. The van der Waals surface area contributed by atoms with Crippen LogP contribution in [0.25, 0.3) is 11.3 Å². The van der Waals surface area contributed by atoms with Crippen LogP contribution in [0.4, 0.5) is 10.5 Å². The first-order valence-electron chi connectivity index (χ1n) is 15.1. The van der Waals surface area contributed by atoms with E-state index in [0.717, 1.165) is 0 Å². The molecule has 0 aliphatic carbocycles. The summed E-state index contributed by atoms with van der Waals surface area (Å²) in [7, 11) is 0. The van der Waals surface area contributed by atoms with Crippen LogP contribution in [0, 0.1) is 23.2 Å². The summed E-state index contributed by atoms with van der Waals surface area (Å²) in [5, 5.41) is 30.0. The van der Waals surface area contributed by atoms with E-state index in [9.17, 15) is 19.5 Å². The summed E-state index contributed by atoms with van der Waals surface area (Å²) in [6, 6.07) is 11.6. The summed E-state index contributed by atoms with van der Waals surface area (Å²) in [4.78, 5) is 42.2. The minimum absolute atomic E-state index is 0.00101. The van der Waals surface area contributed by atoms with Crippen molar-refractivity contribution in [1.29, 1.82) is 5.26 Å². The standard InChI is InChI=1S/C33H34ClN7O6/c1-22(36-33(45)39-13-16-46-17-14-39)32(44)41-15-18-47-21-28(41)31(43)37-26-8-4-23(5-9-26)3-6-24-20-40(12-2-11-35)38-30(24)27-19-25(34)7-10-29(27)42/h4-5,7-10,19-20,22,28,42H,2,12-18,21H2,1H3,(H,36,45)(H,37,43)/t22-,28+/m1/s1. The van der Waals surface area contributed by atoms with Gasteiger partial charge < -0.3 is 35.0 Å². The fraction of sp³-hybridized carbons (Fsp3) is 0.364. The molecular formula is C33H34ClN7O6. The fourth-order valence-corrected chi connectivity index (χ4v) is 5.30. The van der Waals surface area contributed by atoms with Gasteiger partial charge in [-0.25, -0.2) is 4.79 Å². The molecule has 1 aromatic heterocycles. The summed E-state index contributed by atoms with van der Waals surface area (Å²) in [5.41, 5.74) is 2.54. The number of hydrogen-bond donors (Lipinski definition) is 3. The van der Waals surface area contributed by atoms with Gasteiger partial charge in [0.05, 0.1) is 51.0 Å². The van der Waals surface area contributed by atoms with Gasteiger partial charge in [0.1, 0.15) is 23.5 Å². The number of hydrogen-bond acceptors (Lipinski definition) is 8. The summed E-state index contributed by atoms with van der Waals surface area (Å²) >= 11 is 6.16. The number of morpholine rings is 2. The Kier molecular flexibility index (Phi) is 11.0. The van der Waals surface area contributed by atoms with Gasteiger partial charge in [-0.3, -0.25) is 14.3 Å². The number of amides is 4. The van der Waals surface area contributed by atoms with Crippen LogP contribution < -0.4 is 10.6 Å². The molecule has 2 aromatic carbocycles. The van der Waals surface area contributed by atoms with Crippen molar-refractivity contribution in [1.82, 2.24) is 24.9 Å². The molecule has 2 saturated heterocycles. The number of carbonyl (C=O) groups excluding carboxylic acids is 3. The second-order valence-corrected chi connectivity index (χ2v) is 11.4. The SMILES string of the molecule is C[C@@H](NC(=O)N1CCOCC1)C(=O)N1CCOC[C@H]1C(=O)Nc1ccc(C#Cc2cn(CCC#N)nc2-c2cc(Cl)ccc2O)cc1. The normalized spacial score (nSPS) is 16.7. The zero-order chi connectivity index (χ0) is 33.3. The van der Waals surface area contributed by atoms with Gasteiger partial charge in [0, 0.05) is 47.7 Å². The number of benzene rings is 2. The van der Waals surface area contributed by atoms with Gasteiger partial charge in [-0.1, -0.05) is 23.4 Å². The van der Waals surface area contributed by atoms with Crippen LogP contribution in [0.15, 0.2) is 48.7 Å². The third-order valence-corrected chi connectivity index (χ3v) is 7.88. The molecule has 0 unspecified atom stereocenters. The third kappa shape index (κ3) is 8.40. The van der Waals surface area contributed by atoms with Gasteiger partial charge in [-0.2, -0.15) is 10.4 Å². The Balaban J connectivity index is 1.25. The number of halogens is 1. The van der Waals surface area contributed by atoms with Crippen LogP contribution in [0.1, 0.15) is 24.5 Å². The van der Waals surface area contributed by atoms with Crippen LogP contribution >= 0.6 is 11.6 Å². The Morgan fingerprint density at radius 3 is 2.57 bits per heavy atom. The number of nitrogens with one attached hydrogen (secondary N) is 2. The number of aromatic nitrogens is 2. The first-order valence-corrected chi connectivity index (χ1v) is 15.5. The van der Waals surface area contributed by atoms with Crippen LogP contribution in [-0.4, -0.2) is 101 Å². The molecule has 47 heavy (non-hydrogen) atoms.